The van der Waals surface area contributed by atoms with Crippen LogP contribution < -0.4 is 5.32 Å². The summed E-state index contributed by atoms with van der Waals surface area (Å²) in [7, 11) is 0. The molecular formula is C18H22N2O2. The molecule has 0 spiro atoms. The maximum atomic E-state index is 12.1. The van der Waals surface area contributed by atoms with E-state index in [0.717, 1.165) is 38.9 Å². The first-order valence-electron chi connectivity index (χ1n) is 7.90. The molecule has 1 atom stereocenters. The van der Waals surface area contributed by atoms with Gasteiger partial charge in [-0.05, 0) is 37.4 Å². The predicted octanol–water partition coefficient (Wildman–Crippen LogP) is 2.72. The molecule has 1 aromatic heterocycles. The van der Waals surface area contributed by atoms with Crippen LogP contribution in [-0.2, 0) is 6.42 Å². The van der Waals surface area contributed by atoms with E-state index in [1.54, 1.807) is 6.07 Å². The van der Waals surface area contributed by atoms with Crippen LogP contribution in [0.15, 0.2) is 53.3 Å². The third-order valence-electron chi connectivity index (χ3n) is 4.18. The van der Waals surface area contributed by atoms with Crippen molar-refractivity contribution in [1.82, 2.24) is 10.2 Å². The summed E-state index contributed by atoms with van der Waals surface area (Å²) < 4.78 is 4.96. The molecule has 1 N–H and O–H groups in total. The maximum absolute atomic E-state index is 12.1. The molecule has 0 unspecified atom stereocenters. The second-order valence-electron chi connectivity index (χ2n) is 5.86. The van der Waals surface area contributed by atoms with Gasteiger partial charge in [0.2, 0.25) is 0 Å². The Morgan fingerprint density at radius 3 is 2.91 bits per heavy atom. The van der Waals surface area contributed by atoms with Crippen molar-refractivity contribution >= 4 is 5.91 Å². The van der Waals surface area contributed by atoms with Gasteiger partial charge in [0.1, 0.15) is 6.26 Å². The van der Waals surface area contributed by atoms with Crippen LogP contribution in [-0.4, -0.2) is 36.5 Å². The van der Waals surface area contributed by atoms with Crippen molar-refractivity contribution in [3.05, 3.63) is 60.1 Å². The minimum absolute atomic E-state index is 0.0383. The standard InChI is InChI=1S/C18H22N2O2/c21-18(16-9-12-22-14-16)19-17-7-4-10-20(13-17)11-8-15-5-2-1-3-6-15/h1-3,5-6,9,12,14,17H,4,7-8,10-11,13H2,(H,19,21)/t17-/m0/s1. The third kappa shape index (κ3) is 3.98. The average molecular weight is 298 g/mol. The summed E-state index contributed by atoms with van der Waals surface area (Å²) in [4.78, 5) is 14.5. The zero-order valence-electron chi connectivity index (χ0n) is 12.7. The lowest BCUT2D eigenvalue weighted by atomic mass is 10.0. The number of amides is 1. The largest absolute Gasteiger partial charge is 0.472 e. The molecule has 2 aromatic rings. The first kappa shape index (κ1) is 14.9. The zero-order valence-corrected chi connectivity index (χ0v) is 12.7. The van der Waals surface area contributed by atoms with Crippen LogP contribution in [0.4, 0.5) is 0 Å². The fourth-order valence-electron chi connectivity index (χ4n) is 2.97. The van der Waals surface area contributed by atoms with E-state index in [1.807, 2.05) is 6.07 Å². The third-order valence-corrected chi connectivity index (χ3v) is 4.18. The Kier molecular flexibility index (Phi) is 4.91. The molecule has 116 valence electrons. The van der Waals surface area contributed by atoms with Gasteiger partial charge in [-0.3, -0.25) is 4.79 Å². The summed E-state index contributed by atoms with van der Waals surface area (Å²) in [5, 5.41) is 3.11. The fraction of sp³-hybridized carbons (Fsp3) is 0.389. The summed E-state index contributed by atoms with van der Waals surface area (Å²) in [6, 6.07) is 12.5. The normalized spacial score (nSPS) is 19.0. The predicted molar refractivity (Wildman–Crippen MR) is 85.8 cm³/mol. The number of hydrogen-bond acceptors (Lipinski definition) is 3. The van der Waals surface area contributed by atoms with Gasteiger partial charge in [0.15, 0.2) is 0 Å². The molecule has 1 aliphatic heterocycles. The number of likely N-dealkylation sites (tertiary alicyclic amines) is 1. The van der Waals surface area contributed by atoms with Crippen molar-refractivity contribution in [1.29, 1.82) is 0 Å². The van der Waals surface area contributed by atoms with Gasteiger partial charge < -0.3 is 14.6 Å². The number of carbonyl (C=O) groups excluding carboxylic acids is 1. The smallest absolute Gasteiger partial charge is 0.254 e. The lowest BCUT2D eigenvalue weighted by molar-refractivity contribution is 0.0903. The molecule has 1 amide bonds. The molecule has 4 heteroatoms. The average Bonchev–Trinajstić information content (AvgIpc) is 3.09. The van der Waals surface area contributed by atoms with Crippen molar-refractivity contribution in [3.8, 4) is 0 Å². The minimum Gasteiger partial charge on any atom is -0.472 e. The van der Waals surface area contributed by atoms with Crippen molar-refractivity contribution in [2.45, 2.75) is 25.3 Å². The van der Waals surface area contributed by atoms with Gasteiger partial charge in [0.05, 0.1) is 11.8 Å². The van der Waals surface area contributed by atoms with Gasteiger partial charge in [-0.15, -0.1) is 0 Å². The summed E-state index contributed by atoms with van der Waals surface area (Å²) in [6.07, 6.45) is 6.26. The summed E-state index contributed by atoms with van der Waals surface area (Å²) in [5.41, 5.74) is 1.97. The van der Waals surface area contributed by atoms with Crippen LogP contribution >= 0.6 is 0 Å². The van der Waals surface area contributed by atoms with Crippen molar-refractivity contribution in [3.63, 3.8) is 0 Å². The van der Waals surface area contributed by atoms with Crippen molar-refractivity contribution in [2.75, 3.05) is 19.6 Å². The lowest BCUT2D eigenvalue weighted by Gasteiger charge is -2.33. The van der Waals surface area contributed by atoms with Crippen LogP contribution in [0.5, 0.6) is 0 Å². The Hall–Kier alpha value is -2.07. The molecule has 1 fully saturated rings. The molecule has 0 bridgehead atoms. The quantitative estimate of drug-likeness (QED) is 0.923. The fourth-order valence-corrected chi connectivity index (χ4v) is 2.97. The number of piperidine rings is 1. The van der Waals surface area contributed by atoms with E-state index in [2.05, 4.69) is 34.5 Å². The van der Waals surface area contributed by atoms with E-state index in [9.17, 15) is 4.79 Å². The Balaban J connectivity index is 1.48. The molecule has 1 aromatic carbocycles. The van der Waals surface area contributed by atoms with E-state index in [-0.39, 0.29) is 11.9 Å². The number of rotatable bonds is 5. The zero-order chi connectivity index (χ0) is 15.2. The Labute approximate surface area is 131 Å². The lowest BCUT2D eigenvalue weighted by Crippen LogP contribution is -2.48. The number of carbonyl (C=O) groups is 1. The van der Waals surface area contributed by atoms with E-state index in [0.29, 0.717) is 5.56 Å². The van der Waals surface area contributed by atoms with Crippen LogP contribution in [0.2, 0.25) is 0 Å². The monoisotopic (exact) mass is 298 g/mol. The summed E-state index contributed by atoms with van der Waals surface area (Å²) in [6.45, 7) is 3.09. The maximum Gasteiger partial charge on any atom is 0.254 e. The molecule has 0 radical (unpaired) electrons. The Morgan fingerprint density at radius 2 is 2.14 bits per heavy atom. The number of hydrogen-bond donors (Lipinski definition) is 1. The van der Waals surface area contributed by atoms with Crippen LogP contribution in [0.25, 0.3) is 0 Å². The number of furan rings is 1. The molecule has 1 aliphatic rings. The molecule has 3 rings (SSSR count). The van der Waals surface area contributed by atoms with E-state index in [1.165, 1.54) is 18.1 Å². The van der Waals surface area contributed by atoms with Gasteiger partial charge >= 0.3 is 0 Å². The van der Waals surface area contributed by atoms with Crippen LogP contribution in [0, 0.1) is 0 Å². The van der Waals surface area contributed by atoms with Gasteiger partial charge in [-0.25, -0.2) is 0 Å². The van der Waals surface area contributed by atoms with Crippen LogP contribution in [0.1, 0.15) is 28.8 Å². The van der Waals surface area contributed by atoms with E-state index >= 15 is 0 Å². The molecule has 22 heavy (non-hydrogen) atoms. The van der Waals surface area contributed by atoms with Crippen molar-refractivity contribution < 1.29 is 9.21 Å². The number of nitrogens with one attached hydrogen (secondary N) is 1. The molecule has 4 nitrogen and oxygen atoms in total. The molecule has 0 aliphatic carbocycles. The first-order chi connectivity index (χ1) is 10.8. The Bertz CT molecular complexity index is 580. The highest BCUT2D eigenvalue weighted by Crippen LogP contribution is 2.12. The second kappa shape index (κ2) is 7.27. The van der Waals surface area contributed by atoms with Gasteiger partial charge in [-0.1, -0.05) is 30.3 Å². The number of nitrogens with zero attached hydrogens (tertiary/aromatic N) is 1. The molecule has 1 saturated heterocycles. The highest BCUT2D eigenvalue weighted by atomic mass is 16.3. The van der Waals surface area contributed by atoms with Gasteiger partial charge in [0, 0.05) is 19.1 Å². The molecule has 2 heterocycles. The highest BCUT2D eigenvalue weighted by molar-refractivity contribution is 5.93. The van der Waals surface area contributed by atoms with E-state index in [4.69, 9.17) is 4.42 Å². The van der Waals surface area contributed by atoms with E-state index < -0.39 is 0 Å². The Morgan fingerprint density at radius 1 is 1.27 bits per heavy atom. The number of benzene rings is 1. The SMILES string of the molecule is O=C(N[C@H]1CCCN(CCc2ccccc2)C1)c1ccoc1. The molecule has 0 saturated carbocycles. The summed E-state index contributed by atoms with van der Waals surface area (Å²) in [5.74, 6) is -0.0383. The summed E-state index contributed by atoms with van der Waals surface area (Å²) >= 11 is 0. The highest BCUT2D eigenvalue weighted by Gasteiger charge is 2.21. The second-order valence-corrected chi connectivity index (χ2v) is 5.86. The van der Waals surface area contributed by atoms with Crippen molar-refractivity contribution in [2.24, 2.45) is 0 Å². The van der Waals surface area contributed by atoms with Gasteiger partial charge in [-0.2, -0.15) is 0 Å². The molecular weight excluding hydrogens is 276 g/mol. The topological polar surface area (TPSA) is 45.5 Å². The first-order valence-corrected chi connectivity index (χ1v) is 7.90. The van der Waals surface area contributed by atoms with Gasteiger partial charge in [0.25, 0.3) is 5.91 Å². The van der Waals surface area contributed by atoms with Crippen LogP contribution in [0.3, 0.4) is 0 Å². The minimum atomic E-state index is -0.0383.